The van der Waals surface area contributed by atoms with Crippen LogP contribution >= 0.6 is 69.6 Å². The number of carboxylic acid groups (broad SMARTS) is 2. The highest BCUT2D eigenvalue weighted by Crippen LogP contribution is 2.40. The van der Waals surface area contributed by atoms with E-state index in [2.05, 4.69) is 10.6 Å². The number of carbonyl (C=O) groups is 8. The van der Waals surface area contributed by atoms with Gasteiger partial charge in [0, 0.05) is 65.3 Å². The highest BCUT2D eigenvalue weighted by atomic mass is 35.5. The van der Waals surface area contributed by atoms with Crippen molar-refractivity contribution in [3.8, 4) is 0 Å². The monoisotopic (exact) mass is 1650 g/mol. The van der Waals surface area contributed by atoms with Crippen molar-refractivity contribution in [2.45, 2.75) is 101 Å². The molecular formula is C81H72Cl6N4O17S2. The number of sulfone groups is 2. The summed E-state index contributed by atoms with van der Waals surface area (Å²) in [6, 6.07) is 37.3. The van der Waals surface area contributed by atoms with Gasteiger partial charge in [0.1, 0.15) is 22.5 Å². The molecule has 3 aromatic heterocycles. The Morgan fingerprint density at radius 2 is 1.03 bits per heavy atom. The molecule has 2 aliphatic heterocycles. The smallest absolute Gasteiger partial charge is 0.338 e. The molecule has 1 aliphatic carbocycles. The van der Waals surface area contributed by atoms with Gasteiger partial charge < -0.3 is 44.7 Å². The molecule has 0 spiro atoms. The minimum absolute atomic E-state index is 0.00672. The molecule has 0 radical (unpaired) electrons. The maximum absolute atomic E-state index is 13.4. The van der Waals surface area contributed by atoms with Crippen molar-refractivity contribution in [3.05, 3.63) is 266 Å². The average Bonchev–Trinajstić information content (AvgIpc) is 1.04. The SMILES string of the molecule is CC(=O)[C@@H](N)Cc1cccc(S(C)(=O)=O)c1.CC(=O)[C@H](Cc1cccc(S(C)(=O)=O)c1)NC(=O)c1c(Cl)cc2c(c1Cl)CCC(C(=O)c1ccc3ccoc3c1)C2.CC(=O)c1c(Cl)cc2c(c1Cl)CCNC2.O=C(O)c1c(Cl)cc2c(c1Cl)CCN(C(=O)c1ccc3ccoc3c1)C2.O=C(O)c1ccc2ccoc2c1. The largest absolute Gasteiger partial charge is 0.478 e. The second kappa shape index (κ2) is 35.7. The van der Waals surface area contributed by atoms with Gasteiger partial charge in [-0.15, -0.1) is 0 Å². The lowest BCUT2D eigenvalue weighted by molar-refractivity contribution is -0.119. The number of benzene rings is 8. The van der Waals surface area contributed by atoms with Crippen LogP contribution in [0.25, 0.3) is 32.9 Å². The summed E-state index contributed by atoms with van der Waals surface area (Å²) in [6.45, 7) is 6.69. The van der Waals surface area contributed by atoms with Crippen molar-refractivity contribution in [1.29, 1.82) is 0 Å². The molecule has 8 aromatic carbocycles. The Labute approximate surface area is 662 Å². The number of aromatic carboxylic acids is 2. The Hall–Kier alpha value is -9.50. The summed E-state index contributed by atoms with van der Waals surface area (Å²) in [6.07, 6.45) is 10.2. The van der Waals surface area contributed by atoms with Gasteiger partial charge in [-0.05, 0) is 208 Å². The number of nitrogens with one attached hydrogen (secondary N) is 2. The average molecular weight is 1650 g/mol. The first kappa shape index (κ1) is 83.0. The number of rotatable bonds is 16. The van der Waals surface area contributed by atoms with Crippen LogP contribution in [-0.4, -0.2) is 117 Å². The van der Waals surface area contributed by atoms with E-state index in [-0.39, 0.29) is 88.0 Å². The van der Waals surface area contributed by atoms with Crippen LogP contribution < -0.4 is 16.4 Å². The molecule has 0 bridgehead atoms. The molecular weight excluding hydrogens is 1580 g/mol. The van der Waals surface area contributed by atoms with Gasteiger partial charge in [-0.25, -0.2) is 26.4 Å². The van der Waals surface area contributed by atoms with Crippen LogP contribution in [0.4, 0.5) is 0 Å². The molecule has 21 nitrogen and oxygen atoms in total. The normalized spacial score (nSPS) is 14.2. The maximum atomic E-state index is 13.4. The van der Waals surface area contributed by atoms with E-state index in [0.29, 0.717) is 94.2 Å². The van der Waals surface area contributed by atoms with Crippen LogP contribution in [0.5, 0.6) is 0 Å². The summed E-state index contributed by atoms with van der Waals surface area (Å²) in [5.41, 5.74) is 15.9. The lowest BCUT2D eigenvalue weighted by atomic mass is 9.79. The lowest BCUT2D eigenvalue weighted by Gasteiger charge is -2.30. The first-order chi connectivity index (χ1) is 52.1. The van der Waals surface area contributed by atoms with Gasteiger partial charge in [-0.2, -0.15) is 0 Å². The summed E-state index contributed by atoms with van der Waals surface area (Å²) in [5, 5.41) is 28.2. The van der Waals surface area contributed by atoms with Crippen LogP contribution in [0, 0.1) is 5.92 Å². The number of furan rings is 3. The molecule has 14 rings (SSSR count). The third-order valence-corrected chi connectivity index (χ3v) is 23.1. The molecule has 3 aliphatic rings. The van der Waals surface area contributed by atoms with E-state index in [1.165, 1.54) is 51.3 Å². The van der Waals surface area contributed by atoms with Gasteiger partial charge in [0.05, 0.1) is 93.1 Å². The van der Waals surface area contributed by atoms with Crippen LogP contribution in [0.1, 0.15) is 134 Å². The molecule has 5 heterocycles. The standard InChI is InChI=1S/C31H27Cl2NO6S.C19H13Cl2NO4.C11H11Cl2NO.C11H15NO3S.C9H6O3/c1-17(35)26(13-18-4-3-5-23(12-18)41(2,38)39)34-31(37)28-25(32)15-22-14-20(8-9-24(22)29(28)33)30(36)21-7-6-19-10-11-40-27(19)16-21;20-14-7-12-9-22(5-3-13(12)17(21)16(14)19(24)25)18(23)11-2-1-10-4-6-26-15(10)8-11;1-6(15)10-9(12)4-7-5-14-3-2-8(7)11(10)13;1-8(13)11(12)7-9-4-3-5-10(6-9)16(2,14)15;10-9(11)7-2-1-6-3-4-12-8(6)5-7/h3-7,10-12,15-16,20,26H,8-9,13-14H2,1-2H3,(H,34,37);1-2,4,6-8H,3,5,9H2,(H,24,25);4,14H,2-3,5H2,1H3;3-6,11H,7,12H2,1-2H3;1-5H,(H,10,11)/t20?,26-;;;11-;/m0..0./s1. The summed E-state index contributed by atoms with van der Waals surface area (Å²) in [7, 11) is -6.64. The highest BCUT2D eigenvalue weighted by Gasteiger charge is 2.33. The van der Waals surface area contributed by atoms with E-state index in [9.17, 15) is 60.3 Å². The third kappa shape index (κ3) is 20.0. The Morgan fingerprint density at radius 1 is 0.545 bits per heavy atom. The quantitative estimate of drug-likeness (QED) is 0.0561. The van der Waals surface area contributed by atoms with Gasteiger partial charge >= 0.3 is 11.9 Å². The molecule has 6 N–H and O–H groups in total. The van der Waals surface area contributed by atoms with Crippen LogP contribution in [-0.2, 0) is 80.9 Å². The van der Waals surface area contributed by atoms with Gasteiger partial charge in [-0.3, -0.25) is 28.8 Å². The topological polar surface area (TPSA) is 338 Å². The number of carboxylic acids is 2. The molecule has 0 fully saturated rings. The van der Waals surface area contributed by atoms with Crippen molar-refractivity contribution < 1.29 is 78.7 Å². The van der Waals surface area contributed by atoms with E-state index in [1.807, 2.05) is 30.3 Å². The molecule has 29 heteroatoms. The van der Waals surface area contributed by atoms with E-state index in [4.69, 9.17) is 93.7 Å². The predicted molar refractivity (Wildman–Crippen MR) is 423 cm³/mol. The molecule has 3 atom stereocenters. The van der Waals surface area contributed by atoms with Crippen LogP contribution in [0.3, 0.4) is 0 Å². The number of halogens is 6. The van der Waals surface area contributed by atoms with Gasteiger partial charge in [0.2, 0.25) is 0 Å². The van der Waals surface area contributed by atoms with Gasteiger partial charge in [-0.1, -0.05) is 118 Å². The van der Waals surface area contributed by atoms with Crippen molar-refractivity contribution in [2.24, 2.45) is 11.7 Å². The second-order valence-corrected chi connectivity index (χ2v) is 32.9. The number of carbonyl (C=O) groups excluding carboxylic acids is 6. The fourth-order valence-electron chi connectivity index (χ4n) is 12.9. The van der Waals surface area contributed by atoms with E-state index in [0.717, 1.165) is 87.1 Å². The van der Waals surface area contributed by atoms with Gasteiger partial charge in [0.15, 0.2) is 37.0 Å². The highest BCUT2D eigenvalue weighted by molar-refractivity contribution is 7.91. The second-order valence-electron chi connectivity index (χ2n) is 26.5. The molecule has 11 aromatic rings. The van der Waals surface area contributed by atoms with Crippen LogP contribution in [0.2, 0.25) is 30.1 Å². The molecule has 572 valence electrons. The first-order valence-electron chi connectivity index (χ1n) is 34.1. The summed E-state index contributed by atoms with van der Waals surface area (Å²) < 4.78 is 62.3. The van der Waals surface area contributed by atoms with E-state index in [1.54, 1.807) is 102 Å². The molecule has 0 saturated heterocycles. The number of nitrogens with zero attached hydrogens (tertiary/aromatic N) is 1. The van der Waals surface area contributed by atoms with Crippen molar-refractivity contribution in [1.82, 2.24) is 15.5 Å². The first-order valence-corrected chi connectivity index (χ1v) is 40.2. The lowest BCUT2D eigenvalue weighted by Crippen LogP contribution is -2.41. The molecule has 2 amide bonds. The number of fused-ring (bicyclic) bond motifs is 6. The fraction of sp³-hybridized carbons (Fsp3) is 0.235. The zero-order valence-electron chi connectivity index (χ0n) is 59.6. The number of Topliss-reactive ketones (excluding diaryl/α,β-unsaturated/α-hetero) is 4. The third-order valence-electron chi connectivity index (χ3n) is 18.8. The van der Waals surface area contributed by atoms with Crippen molar-refractivity contribution >= 4 is 169 Å². The zero-order valence-corrected chi connectivity index (χ0v) is 65.8. The van der Waals surface area contributed by atoms with Crippen LogP contribution in [0.15, 0.2) is 181 Å². The van der Waals surface area contributed by atoms with Crippen molar-refractivity contribution in [3.63, 3.8) is 0 Å². The Kier molecular flexibility index (Phi) is 26.9. The number of hydrogen-bond donors (Lipinski definition) is 5. The number of hydrogen-bond acceptors (Lipinski definition) is 17. The predicted octanol–water partition coefficient (Wildman–Crippen LogP) is 16.2. The molecule has 110 heavy (non-hydrogen) atoms. The number of nitrogens with two attached hydrogens (primary N) is 1. The zero-order chi connectivity index (χ0) is 79.8. The number of ketones is 4. The number of amides is 2. The van der Waals surface area contributed by atoms with Crippen molar-refractivity contribution in [2.75, 3.05) is 25.6 Å². The Bertz CT molecular complexity index is 5720. The molecule has 0 saturated carbocycles. The maximum Gasteiger partial charge on any atom is 0.338 e. The van der Waals surface area contributed by atoms with E-state index < -0.39 is 49.6 Å². The summed E-state index contributed by atoms with van der Waals surface area (Å²) >= 11 is 37.8. The molecule has 1 unspecified atom stereocenters. The minimum atomic E-state index is -3.43. The Balaban J connectivity index is 0.000000159. The Morgan fingerprint density at radius 3 is 1.57 bits per heavy atom. The fourth-order valence-corrected chi connectivity index (χ4v) is 16.6. The summed E-state index contributed by atoms with van der Waals surface area (Å²) in [5.74, 6) is -3.57. The van der Waals surface area contributed by atoms with Gasteiger partial charge in [0.25, 0.3) is 11.8 Å². The van der Waals surface area contributed by atoms with E-state index >= 15 is 0 Å². The minimum Gasteiger partial charge on any atom is -0.478 e. The summed E-state index contributed by atoms with van der Waals surface area (Å²) in [4.78, 5) is 98.2.